The van der Waals surface area contributed by atoms with Crippen molar-refractivity contribution in [3.8, 4) is 0 Å². The summed E-state index contributed by atoms with van der Waals surface area (Å²) >= 11 is 0. The number of urea groups is 1. The van der Waals surface area contributed by atoms with Gasteiger partial charge in [0.05, 0.1) is 30.5 Å². The summed E-state index contributed by atoms with van der Waals surface area (Å²) in [6.07, 6.45) is 1.28. The van der Waals surface area contributed by atoms with Crippen molar-refractivity contribution in [2.75, 3.05) is 25.1 Å². The normalized spacial score (nSPS) is 19.9. The summed E-state index contributed by atoms with van der Waals surface area (Å²) in [5.74, 6) is -0.500. The number of carbonyl (C=O) groups excluding carboxylic acids is 2. The Bertz CT molecular complexity index is 948. The van der Waals surface area contributed by atoms with Crippen LogP contribution in [0.1, 0.15) is 30.0 Å². The zero-order valence-electron chi connectivity index (χ0n) is 16.8. The summed E-state index contributed by atoms with van der Waals surface area (Å²) < 4.78 is 5.04. The lowest BCUT2D eigenvalue weighted by Crippen LogP contribution is -2.45. The third-order valence-electron chi connectivity index (χ3n) is 5.60. The predicted molar refractivity (Wildman–Crippen MR) is 114 cm³/mol. The van der Waals surface area contributed by atoms with Gasteiger partial charge in [0.25, 0.3) is 0 Å². The zero-order valence-corrected chi connectivity index (χ0v) is 16.8. The van der Waals surface area contributed by atoms with E-state index >= 15 is 0 Å². The first-order chi connectivity index (χ1) is 14.6. The standard InChI is InChI=1S/C23H25N3O4/c1-30-22(28)19-20(15-5-3-2-4-6-15)24-23(29)25-21(19)16-7-9-17(10-8-16)26-13-11-18(27)12-14-26/h2-10,18,21,27H,11-14H2,1H3,(H2,24,25,29). The lowest BCUT2D eigenvalue weighted by Gasteiger charge is -2.32. The molecule has 0 aromatic heterocycles. The van der Waals surface area contributed by atoms with Gasteiger partial charge in [-0.1, -0.05) is 42.5 Å². The molecular weight excluding hydrogens is 382 g/mol. The number of ether oxygens (including phenoxy) is 1. The SMILES string of the molecule is COC(=O)C1=C(c2ccccc2)NC(=O)NC1c1ccc(N2CCC(O)CC2)cc1. The van der Waals surface area contributed by atoms with E-state index in [0.717, 1.165) is 42.7 Å². The molecule has 156 valence electrons. The molecule has 1 fully saturated rings. The van der Waals surface area contributed by atoms with Crippen LogP contribution in [0.4, 0.5) is 10.5 Å². The highest BCUT2D eigenvalue weighted by Crippen LogP contribution is 2.33. The van der Waals surface area contributed by atoms with Crippen molar-refractivity contribution < 1.29 is 19.4 Å². The molecule has 0 bridgehead atoms. The Morgan fingerprint density at radius 1 is 1.07 bits per heavy atom. The molecule has 1 atom stereocenters. The van der Waals surface area contributed by atoms with Gasteiger partial charge >= 0.3 is 12.0 Å². The van der Waals surface area contributed by atoms with Crippen LogP contribution in [0.25, 0.3) is 5.70 Å². The molecule has 7 nitrogen and oxygen atoms in total. The summed E-state index contributed by atoms with van der Waals surface area (Å²) in [6, 6.07) is 16.1. The number of nitrogens with one attached hydrogen (secondary N) is 2. The summed E-state index contributed by atoms with van der Waals surface area (Å²) in [6.45, 7) is 1.60. The molecule has 0 spiro atoms. The summed E-state index contributed by atoms with van der Waals surface area (Å²) in [7, 11) is 1.33. The van der Waals surface area contributed by atoms with Crippen LogP contribution in [0, 0.1) is 0 Å². The van der Waals surface area contributed by atoms with E-state index < -0.39 is 12.0 Å². The van der Waals surface area contributed by atoms with Gasteiger partial charge in [-0.3, -0.25) is 0 Å². The molecule has 2 aromatic carbocycles. The fourth-order valence-corrected chi connectivity index (χ4v) is 3.98. The maximum absolute atomic E-state index is 12.7. The summed E-state index contributed by atoms with van der Waals surface area (Å²) in [5, 5.41) is 15.3. The van der Waals surface area contributed by atoms with Crippen molar-refractivity contribution in [3.05, 3.63) is 71.3 Å². The van der Waals surface area contributed by atoms with Gasteiger partial charge in [-0.2, -0.15) is 0 Å². The van der Waals surface area contributed by atoms with Crippen LogP contribution < -0.4 is 15.5 Å². The van der Waals surface area contributed by atoms with E-state index in [0.29, 0.717) is 11.3 Å². The van der Waals surface area contributed by atoms with E-state index in [1.165, 1.54) is 7.11 Å². The molecular formula is C23H25N3O4. The minimum Gasteiger partial charge on any atom is -0.466 e. The zero-order chi connectivity index (χ0) is 21.1. The van der Waals surface area contributed by atoms with Crippen LogP contribution in [0.15, 0.2) is 60.2 Å². The smallest absolute Gasteiger partial charge is 0.338 e. The van der Waals surface area contributed by atoms with Gasteiger partial charge in [0, 0.05) is 18.8 Å². The van der Waals surface area contributed by atoms with Crippen LogP contribution >= 0.6 is 0 Å². The van der Waals surface area contributed by atoms with Crippen molar-refractivity contribution >= 4 is 23.4 Å². The monoisotopic (exact) mass is 407 g/mol. The molecule has 0 radical (unpaired) electrons. The highest BCUT2D eigenvalue weighted by molar-refractivity contribution is 6.04. The number of rotatable bonds is 4. The second-order valence-corrected chi connectivity index (χ2v) is 7.49. The van der Waals surface area contributed by atoms with E-state index in [2.05, 4.69) is 15.5 Å². The first-order valence-electron chi connectivity index (χ1n) is 10.0. The Kier molecular flexibility index (Phi) is 5.72. The Morgan fingerprint density at radius 2 is 1.73 bits per heavy atom. The van der Waals surface area contributed by atoms with Crippen LogP contribution in [0.2, 0.25) is 0 Å². The van der Waals surface area contributed by atoms with Gasteiger partial charge < -0.3 is 25.4 Å². The summed E-state index contributed by atoms with van der Waals surface area (Å²) in [4.78, 5) is 27.3. The molecule has 3 N–H and O–H groups in total. The predicted octanol–water partition coefficient (Wildman–Crippen LogP) is 2.59. The Labute approximate surface area is 175 Å². The number of hydrogen-bond acceptors (Lipinski definition) is 5. The Balaban J connectivity index is 1.69. The molecule has 7 heteroatoms. The number of benzene rings is 2. The lowest BCUT2D eigenvalue weighted by molar-refractivity contribution is -0.136. The van der Waals surface area contributed by atoms with Gasteiger partial charge in [0.2, 0.25) is 0 Å². The number of methoxy groups -OCH3 is 1. The second kappa shape index (κ2) is 8.59. The van der Waals surface area contributed by atoms with Crippen LogP contribution in [0.5, 0.6) is 0 Å². The van der Waals surface area contributed by atoms with E-state index in [4.69, 9.17) is 4.74 Å². The lowest BCUT2D eigenvalue weighted by atomic mass is 9.92. The third-order valence-corrected chi connectivity index (χ3v) is 5.60. The van der Waals surface area contributed by atoms with Gasteiger partial charge in [-0.15, -0.1) is 0 Å². The minimum absolute atomic E-state index is 0.227. The van der Waals surface area contributed by atoms with Crippen molar-refractivity contribution in [2.24, 2.45) is 0 Å². The van der Waals surface area contributed by atoms with E-state index in [1.807, 2.05) is 54.6 Å². The van der Waals surface area contributed by atoms with Gasteiger partial charge in [-0.05, 0) is 36.1 Å². The number of amides is 2. The maximum Gasteiger partial charge on any atom is 0.338 e. The number of esters is 1. The molecule has 2 aliphatic heterocycles. The quantitative estimate of drug-likeness (QED) is 0.678. The van der Waals surface area contributed by atoms with Gasteiger partial charge in [-0.25, -0.2) is 9.59 Å². The number of anilines is 1. The van der Waals surface area contributed by atoms with E-state index in [1.54, 1.807) is 0 Å². The molecule has 1 unspecified atom stereocenters. The molecule has 0 aliphatic carbocycles. The van der Waals surface area contributed by atoms with Gasteiger partial charge in [0.15, 0.2) is 0 Å². The van der Waals surface area contributed by atoms with Crippen LogP contribution in [-0.4, -0.2) is 43.4 Å². The van der Waals surface area contributed by atoms with Crippen molar-refractivity contribution in [1.82, 2.24) is 10.6 Å². The summed E-state index contributed by atoms with van der Waals surface area (Å²) in [5.41, 5.74) is 3.39. The van der Waals surface area contributed by atoms with Gasteiger partial charge in [0.1, 0.15) is 0 Å². The van der Waals surface area contributed by atoms with Crippen molar-refractivity contribution in [2.45, 2.75) is 25.0 Å². The number of carbonyl (C=O) groups is 2. The maximum atomic E-state index is 12.7. The van der Waals surface area contributed by atoms with Crippen LogP contribution in [-0.2, 0) is 9.53 Å². The minimum atomic E-state index is -0.626. The molecule has 4 rings (SSSR count). The van der Waals surface area contributed by atoms with Crippen molar-refractivity contribution in [3.63, 3.8) is 0 Å². The topological polar surface area (TPSA) is 90.9 Å². The fraction of sp³-hybridized carbons (Fsp3) is 0.304. The molecule has 2 aromatic rings. The molecule has 2 heterocycles. The number of hydrogen-bond donors (Lipinski definition) is 3. The number of aliphatic hydroxyl groups is 1. The van der Waals surface area contributed by atoms with Crippen molar-refractivity contribution in [1.29, 1.82) is 0 Å². The molecule has 0 saturated carbocycles. The number of piperidine rings is 1. The van der Waals surface area contributed by atoms with E-state index in [9.17, 15) is 14.7 Å². The average molecular weight is 407 g/mol. The average Bonchev–Trinajstić information content (AvgIpc) is 2.79. The highest BCUT2D eigenvalue weighted by atomic mass is 16.5. The Hall–Kier alpha value is -3.32. The molecule has 1 saturated heterocycles. The molecule has 2 aliphatic rings. The third kappa shape index (κ3) is 4.02. The highest BCUT2D eigenvalue weighted by Gasteiger charge is 2.34. The largest absolute Gasteiger partial charge is 0.466 e. The molecule has 30 heavy (non-hydrogen) atoms. The first-order valence-corrected chi connectivity index (χ1v) is 10.0. The van der Waals surface area contributed by atoms with E-state index in [-0.39, 0.29) is 12.1 Å². The number of nitrogens with zero attached hydrogens (tertiary/aromatic N) is 1. The fourth-order valence-electron chi connectivity index (χ4n) is 3.98. The number of aliphatic hydroxyl groups excluding tert-OH is 1. The second-order valence-electron chi connectivity index (χ2n) is 7.49. The van der Waals surface area contributed by atoms with Crippen LogP contribution in [0.3, 0.4) is 0 Å². The first kappa shape index (κ1) is 20.0. The Morgan fingerprint density at radius 3 is 2.37 bits per heavy atom. The molecule has 2 amide bonds.